The largest absolute Gasteiger partial charge is 0.493 e. The summed E-state index contributed by atoms with van der Waals surface area (Å²) < 4.78 is 16.7. The van der Waals surface area contributed by atoms with Crippen LogP contribution >= 0.6 is 0 Å². The van der Waals surface area contributed by atoms with E-state index in [0.717, 1.165) is 67.8 Å². The minimum atomic E-state index is 0.720. The van der Waals surface area contributed by atoms with E-state index >= 15 is 0 Å². The second-order valence-electron chi connectivity index (χ2n) is 6.65. The number of methoxy groups -OCH3 is 2. The average molecular weight is 355 g/mol. The number of aromatic nitrogens is 2. The van der Waals surface area contributed by atoms with Crippen molar-refractivity contribution in [3.8, 4) is 22.8 Å². The first kappa shape index (κ1) is 17.1. The molecule has 2 heterocycles. The number of benzene rings is 1. The van der Waals surface area contributed by atoms with Crippen LogP contribution in [0.5, 0.6) is 11.5 Å². The van der Waals surface area contributed by atoms with Gasteiger partial charge in [0, 0.05) is 29.9 Å². The number of para-hydroxylation sites is 1. The van der Waals surface area contributed by atoms with Crippen LogP contribution in [0.25, 0.3) is 11.3 Å². The molecule has 2 aliphatic rings. The molecule has 1 aromatic carbocycles. The van der Waals surface area contributed by atoms with Gasteiger partial charge >= 0.3 is 0 Å². The quantitative estimate of drug-likeness (QED) is 0.841. The first-order valence-electron chi connectivity index (χ1n) is 9.25. The van der Waals surface area contributed by atoms with Crippen molar-refractivity contribution in [3.63, 3.8) is 0 Å². The van der Waals surface area contributed by atoms with Crippen molar-refractivity contribution in [2.45, 2.75) is 25.7 Å². The summed E-state index contributed by atoms with van der Waals surface area (Å²) in [5, 5.41) is 0. The van der Waals surface area contributed by atoms with Crippen molar-refractivity contribution in [2.24, 2.45) is 0 Å². The van der Waals surface area contributed by atoms with Crippen LogP contribution in [0.2, 0.25) is 0 Å². The van der Waals surface area contributed by atoms with Gasteiger partial charge in [-0.05, 0) is 37.8 Å². The van der Waals surface area contributed by atoms with E-state index in [1.54, 1.807) is 14.2 Å². The van der Waals surface area contributed by atoms with Crippen LogP contribution in [0.1, 0.15) is 24.1 Å². The van der Waals surface area contributed by atoms with E-state index in [4.69, 9.17) is 24.2 Å². The Hall–Kier alpha value is -2.34. The van der Waals surface area contributed by atoms with Crippen molar-refractivity contribution in [1.82, 2.24) is 9.97 Å². The summed E-state index contributed by atoms with van der Waals surface area (Å²) in [5.74, 6) is 2.25. The smallest absolute Gasteiger partial charge is 0.226 e. The van der Waals surface area contributed by atoms with E-state index in [-0.39, 0.29) is 0 Å². The number of hydrogen-bond acceptors (Lipinski definition) is 6. The number of nitrogens with zero attached hydrogens (tertiary/aromatic N) is 3. The molecule has 2 aromatic rings. The molecule has 0 saturated carbocycles. The first-order chi connectivity index (χ1) is 12.8. The Balaban J connectivity index is 1.87. The normalized spacial score (nSPS) is 16.9. The van der Waals surface area contributed by atoms with Gasteiger partial charge in [0.1, 0.15) is 0 Å². The highest BCUT2D eigenvalue weighted by atomic mass is 16.5. The molecule has 0 amide bonds. The van der Waals surface area contributed by atoms with Gasteiger partial charge in [-0.15, -0.1) is 0 Å². The fourth-order valence-electron chi connectivity index (χ4n) is 3.78. The summed E-state index contributed by atoms with van der Waals surface area (Å²) in [6.07, 6.45) is 4.37. The van der Waals surface area contributed by atoms with Crippen molar-refractivity contribution in [2.75, 3.05) is 45.4 Å². The maximum atomic E-state index is 5.68. The van der Waals surface area contributed by atoms with Crippen molar-refractivity contribution >= 4 is 5.95 Å². The number of fused-ring (bicyclic) bond motifs is 1. The SMILES string of the molecule is COc1cccc(-c2nc(N3CCOCC3)nc3c2CCCC3)c1OC. The van der Waals surface area contributed by atoms with E-state index in [1.165, 1.54) is 24.1 Å². The summed E-state index contributed by atoms with van der Waals surface area (Å²) in [7, 11) is 3.34. The molecule has 1 aliphatic carbocycles. The highest BCUT2D eigenvalue weighted by Gasteiger charge is 2.24. The van der Waals surface area contributed by atoms with E-state index < -0.39 is 0 Å². The summed E-state index contributed by atoms with van der Waals surface area (Å²) in [6.45, 7) is 3.09. The van der Waals surface area contributed by atoms with Crippen LogP contribution in [0, 0.1) is 0 Å². The maximum absolute atomic E-state index is 5.68. The van der Waals surface area contributed by atoms with E-state index in [0.29, 0.717) is 0 Å². The third-order valence-electron chi connectivity index (χ3n) is 5.12. The molecule has 138 valence electrons. The lowest BCUT2D eigenvalue weighted by molar-refractivity contribution is 0.122. The van der Waals surface area contributed by atoms with Crippen LogP contribution < -0.4 is 14.4 Å². The second kappa shape index (κ2) is 7.50. The molecule has 6 heteroatoms. The number of aryl methyl sites for hydroxylation is 1. The fourth-order valence-corrected chi connectivity index (χ4v) is 3.78. The Morgan fingerprint density at radius 2 is 1.81 bits per heavy atom. The molecular formula is C20H25N3O3. The monoisotopic (exact) mass is 355 g/mol. The molecule has 26 heavy (non-hydrogen) atoms. The third-order valence-corrected chi connectivity index (χ3v) is 5.12. The van der Waals surface area contributed by atoms with Gasteiger partial charge < -0.3 is 19.1 Å². The van der Waals surface area contributed by atoms with Gasteiger partial charge in [-0.1, -0.05) is 6.07 Å². The summed E-state index contributed by atoms with van der Waals surface area (Å²) in [4.78, 5) is 12.1. The molecule has 0 atom stereocenters. The van der Waals surface area contributed by atoms with Gasteiger partial charge in [0.25, 0.3) is 0 Å². The second-order valence-corrected chi connectivity index (χ2v) is 6.65. The van der Waals surface area contributed by atoms with Crippen molar-refractivity contribution in [3.05, 3.63) is 29.5 Å². The molecule has 0 bridgehead atoms. The van der Waals surface area contributed by atoms with E-state index in [9.17, 15) is 0 Å². The predicted octanol–water partition coefficient (Wildman–Crippen LogP) is 2.88. The number of hydrogen-bond donors (Lipinski definition) is 0. The van der Waals surface area contributed by atoms with Crippen LogP contribution in [0.15, 0.2) is 18.2 Å². The molecule has 0 N–H and O–H groups in total. The lowest BCUT2D eigenvalue weighted by atomic mass is 9.92. The molecule has 1 aromatic heterocycles. The molecule has 0 spiro atoms. The highest BCUT2D eigenvalue weighted by molar-refractivity contribution is 5.75. The first-order valence-corrected chi connectivity index (χ1v) is 9.25. The van der Waals surface area contributed by atoms with Crippen LogP contribution in [-0.2, 0) is 17.6 Å². The average Bonchev–Trinajstić information content (AvgIpc) is 2.72. The fraction of sp³-hybridized carbons (Fsp3) is 0.500. The highest BCUT2D eigenvalue weighted by Crippen LogP contribution is 2.40. The summed E-state index contributed by atoms with van der Waals surface area (Å²) >= 11 is 0. The lowest BCUT2D eigenvalue weighted by Crippen LogP contribution is -2.37. The zero-order chi connectivity index (χ0) is 17.9. The zero-order valence-corrected chi connectivity index (χ0v) is 15.5. The van der Waals surface area contributed by atoms with Gasteiger partial charge in [-0.25, -0.2) is 9.97 Å². The molecule has 6 nitrogen and oxygen atoms in total. The van der Waals surface area contributed by atoms with Crippen LogP contribution in [0.3, 0.4) is 0 Å². The number of morpholine rings is 1. The minimum Gasteiger partial charge on any atom is -0.493 e. The number of ether oxygens (including phenoxy) is 3. The topological polar surface area (TPSA) is 56.7 Å². The molecule has 4 rings (SSSR count). The molecule has 1 fully saturated rings. The Bertz CT molecular complexity index is 788. The number of anilines is 1. The summed E-state index contributed by atoms with van der Waals surface area (Å²) in [5.41, 5.74) is 4.38. The number of rotatable bonds is 4. The van der Waals surface area contributed by atoms with Gasteiger partial charge in [-0.2, -0.15) is 0 Å². The predicted molar refractivity (Wildman–Crippen MR) is 100 cm³/mol. The van der Waals surface area contributed by atoms with Gasteiger partial charge in [0.2, 0.25) is 5.95 Å². The molecular weight excluding hydrogens is 330 g/mol. The van der Waals surface area contributed by atoms with Crippen LogP contribution in [-0.4, -0.2) is 50.5 Å². The van der Waals surface area contributed by atoms with Crippen molar-refractivity contribution in [1.29, 1.82) is 0 Å². The molecule has 0 radical (unpaired) electrons. The van der Waals surface area contributed by atoms with Gasteiger partial charge in [0.15, 0.2) is 11.5 Å². The maximum Gasteiger partial charge on any atom is 0.226 e. The van der Waals surface area contributed by atoms with Crippen molar-refractivity contribution < 1.29 is 14.2 Å². The van der Waals surface area contributed by atoms with Gasteiger partial charge in [-0.3, -0.25) is 0 Å². The third kappa shape index (κ3) is 3.09. The van der Waals surface area contributed by atoms with Crippen LogP contribution in [0.4, 0.5) is 5.95 Å². The Labute approximate surface area is 154 Å². The zero-order valence-electron chi connectivity index (χ0n) is 15.5. The lowest BCUT2D eigenvalue weighted by Gasteiger charge is -2.29. The Kier molecular flexibility index (Phi) is 4.93. The van der Waals surface area contributed by atoms with E-state index in [2.05, 4.69) is 11.0 Å². The molecule has 1 saturated heterocycles. The van der Waals surface area contributed by atoms with Gasteiger partial charge in [0.05, 0.1) is 33.1 Å². The minimum absolute atomic E-state index is 0.720. The standard InChI is InChI=1S/C20H25N3O3/c1-24-17-9-5-7-15(19(17)25-2)18-14-6-3-4-8-16(14)21-20(22-18)23-10-12-26-13-11-23/h5,7,9H,3-4,6,8,10-13H2,1-2H3. The van der Waals surface area contributed by atoms with E-state index in [1.807, 2.05) is 12.1 Å². The molecule has 1 aliphatic heterocycles. The Morgan fingerprint density at radius 1 is 1.00 bits per heavy atom. The Morgan fingerprint density at radius 3 is 2.58 bits per heavy atom. The molecule has 0 unspecified atom stereocenters. The summed E-state index contributed by atoms with van der Waals surface area (Å²) in [6, 6.07) is 5.96.